The van der Waals surface area contributed by atoms with Crippen molar-refractivity contribution >= 4 is 17.4 Å². The molecule has 0 amide bonds. The number of fused-ring (bicyclic) bond motifs is 1. The van der Waals surface area contributed by atoms with Gasteiger partial charge in [0.1, 0.15) is 5.82 Å². The third kappa shape index (κ3) is 3.04. The van der Waals surface area contributed by atoms with Crippen LogP contribution in [0.3, 0.4) is 0 Å². The first-order valence-electron chi connectivity index (χ1n) is 7.42. The van der Waals surface area contributed by atoms with E-state index in [0.717, 1.165) is 37.1 Å². The number of unbranched alkanes of at least 4 members (excludes halogenated alkanes) is 2. The minimum atomic E-state index is -0.163. The highest BCUT2D eigenvalue weighted by molar-refractivity contribution is 6.30. The van der Waals surface area contributed by atoms with Gasteiger partial charge in [0, 0.05) is 23.1 Å². The minimum Gasteiger partial charge on any atom is -0.275 e. The monoisotopic (exact) mass is 316 g/mol. The van der Waals surface area contributed by atoms with Crippen molar-refractivity contribution in [1.29, 1.82) is 0 Å². The third-order valence-electron chi connectivity index (χ3n) is 3.53. The second-order valence-electron chi connectivity index (χ2n) is 5.25. The van der Waals surface area contributed by atoms with Crippen molar-refractivity contribution in [2.75, 3.05) is 0 Å². The maximum Gasteiger partial charge on any atom is 0.274 e. The van der Waals surface area contributed by atoms with Gasteiger partial charge in [-0.2, -0.15) is 9.50 Å². The highest BCUT2D eigenvalue weighted by atomic mass is 35.5. The average molecular weight is 317 g/mol. The zero-order valence-electron chi connectivity index (χ0n) is 12.3. The number of aromatic nitrogens is 4. The van der Waals surface area contributed by atoms with Crippen molar-refractivity contribution < 1.29 is 0 Å². The van der Waals surface area contributed by atoms with E-state index < -0.39 is 0 Å². The lowest BCUT2D eigenvalue weighted by molar-refractivity contribution is 0.691. The Kier molecular flexibility index (Phi) is 4.24. The lowest BCUT2D eigenvalue weighted by Crippen LogP contribution is -2.14. The van der Waals surface area contributed by atoms with Gasteiger partial charge < -0.3 is 0 Å². The third-order valence-corrected chi connectivity index (χ3v) is 3.79. The predicted molar refractivity (Wildman–Crippen MR) is 87.3 cm³/mol. The molecule has 114 valence electrons. The highest BCUT2D eigenvalue weighted by Gasteiger charge is 2.09. The molecule has 0 spiro atoms. The number of hydrogen-bond donors (Lipinski definition) is 1. The van der Waals surface area contributed by atoms with Crippen LogP contribution in [0.2, 0.25) is 5.02 Å². The molecule has 0 saturated heterocycles. The number of H-pyrrole nitrogens is 1. The van der Waals surface area contributed by atoms with Crippen LogP contribution in [0, 0.1) is 0 Å². The van der Waals surface area contributed by atoms with Gasteiger partial charge >= 0.3 is 0 Å². The Labute approximate surface area is 133 Å². The Morgan fingerprint density at radius 1 is 1.18 bits per heavy atom. The second-order valence-corrected chi connectivity index (χ2v) is 5.69. The van der Waals surface area contributed by atoms with E-state index in [1.165, 1.54) is 10.6 Å². The number of nitrogens with one attached hydrogen (secondary N) is 1. The van der Waals surface area contributed by atoms with Gasteiger partial charge in [0.15, 0.2) is 0 Å². The van der Waals surface area contributed by atoms with E-state index in [2.05, 4.69) is 22.0 Å². The molecule has 0 aliphatic heterocycles. The molecule has 0 atom stereocenters. The molecule has 0 radical (unpaired) electrons. The van der Waals surface area contributed by atoms with Crippen molar-refractivity contribution in [2.45, 2.75) is 32.6 Å². The van der Waals surface area contributed by atoms with Gasteiger partial charge in [0.2, 0.25) is 0 Å². The van der Waals surface area contributed by atoms with Crippen molar-refractivity contribution in [1.82, 2.24) is 19.6 Å². The van der Waals surface area contributed by atoms with Crippen LogP contribution in [0.1, 0.15) is 32.0 Å². The number of aromatic amines is 1. The maximum absolute atomic E-state index is 12.2. The van der Waals surface area contributed by atoms with E-state index in [-0.39, 0.29) is 5.56 Å². The lowest BCUT2D eigenvalue weighted by Gasteiger charge is -2.00. The average Bonchev–Trinajstić information content (AvgIpc) is 2.92. The van der Waals surface area contributed by atoms with Crippen LogP contribution in [0.5, 0.6) is 0 Å². The smallest absolute Gasteiger partial charge is 0.274 e. The van der Waals surface area contributed by atoms with Crippen molar-refractivity contribution in [2.24, 2.45) is 0 Å². The van der Waals surface area contributed by atoms with Gasteiger partial charge in [0.05, 0.1) is 5.69 Å². The molecule has 5 nitrogen and oxygen atoms in total. The van der Waals surface area contributed by atoms with E-state index >= 15 is 0 Å². The van der Waals surface area contributed by atoms with E-state index in [1.807, 2.05) is 12.1 Å². The molecule has 0 saturated carbocycles. The number of hydrogen-bond acceptors (Lipinski definition) is 3. The first kappa shape index (κ1) is 14.8. The van der Waals surface area contributed by atoms with E-state index in [9.17, 15) is 4.79 Å². The molecule has 2 aromatic heterocycles. The Bertz CT molecular complexity index is 835. The Morgan fingerprint density at radius 3 is 2.68 bits per heavy atom. The fourth-order valence-corrected chi connectivity index (χ4v) is 2.47. The molecule has 0 aliphatic carbocycles. The SMILES string of the molecule is CCCCCc1nc2nc(-c3ccc(Cl)cc3)cc(=O)n2[nH]1. The molecule has 0 aliphatic rings. The Morgan fingerprint density at radius 2 is 1.95 bits per heavy atom. The first-order chi connectivity index (χ1) is 10.7. The molecular formula is C16H17ClN4O. The summed E-state index contributed by atoms with van der Waals surface area (Å²) >= 11 is 5.89. The normalized spacial score (nSPS) is 11.2. The molecule has 0 fully saturated rings. The summed E-state index contributed by atoms with van der Waals surface area (Å²) in [6.07, 6.45) is 4.18. The van der Waals surface area contributed by atoms with Gasteiger partial charge in [-0.1, -0.05) is 43.5 Å². The molecule has 3 rings (SSSR count). The van der Waals surface area contributed by atoms with Gasteiger partial charge in [-0.15, -0.1) is 0 Å². The van der Waals surface area contributed by atoms with Crippen LogP contribution in [0.25, 0.3) is 17.0 Å². The maximum atomic E-state index is 12.2. The van der Waals surface area contributed by atoms with E-state index in [4.69, 9.17) is 11.6 Å². The van der Waals surface area contributed by atoms with Gasteiger partial charge in [-0.05, 0) is 18.6 Å². The van der Waals surface area contributed by atoms with Crippen molar-refractivity contribution in [3.8, 4) is 11.3 Å². The minimum absolute atomic E-state index is 0.163. The summed E-state index contributed by atoms with van der Waals surface area (Å²) in [4.78, 5) is 21.1. The van der Waals surface area contributed by atoms with Crippen LogP contribution in [-0.4, -0.2) is 19.6 Å². The predicted octanol–water partition coefficient (Wildman–Crippen LogP) is 3.47. The van der Waals surface area contributed by atoms with Crippen LogP contribution < -0.4 is 5.56 Å². The number of halogens is 1. The second kappa shape index (κ2) is 6.32. The molecule has 6 heteroatoms. The number of aryl methyl sites for hydroxylation is 1. The van der Waals surface area contributed by atoms with Crippen LogP contribution in [-0.2, 0) is 6.42 Å². The number of benzene rings is 1. The van der Waals surface area contributed by atoms with E-state index in [1.54, 1.807) is 12.1 Å². The largest absolute Gasteiger partial charge is 0.275 e. The van der Waals surface area contributed by atoms with Crippen LogP contribution >= 0.6 is 11.6 Å². The molecule has 3 aromatic rings. The van der Waals surface area contributed by atoms with Crippen LogP contribution in [0.15, 0.2) is 35.1 Å². The van der Waals surface area contributed by atoms with Gasteiger partial charge in [0.25, 0.3) is 11.3 Å². The molecule has 0 bridgehead atoms. The summed E-state index contributed by atoms with van der Waals surface area (Å²) in [5.41, 5.74) is 1.29. The standard InChI is InChI=1S/C16H17ClN4O/c1-2-3-4-5-14-19-16-18-13(10-15(22)21(16)20-14)11-6-8-12(17)9-7-11/h6-10H,2-5H2,1H3,(H,18,19,20). The van der Waals surface area contributed by atoms with Gasteiger partial charge in [-0.3, -0.25) is 9.89 Å². The zero-order valence-corrected chi connectivity index (χ0v) is 13.1. The summed E-state index contributed by atoms with van der Waals surface area (Å²) in [6.45, 7) is 2.16. The molecule has 1 N–H and O–H groups in total. The first-order valence-corrected chi connectivity index (χ1v) is 7.80. The topological polar surface area (TPSA) is 63.1 Å². The molecule has 0 unspecified atom stereocenters. The Balaban J connectivity index is 1.97. The van der Waals surface area contributed by atoms with Gasteiger partial charge in [-0.25, -0.2) is 4.98 Å². The summed E-state index contributed by atoms with van der Waals surface area (Å²) in [6, 6.07) is 8.75. The fourth-order valence-electron chi connectivity index (χ4n) is 2.35. The summed E-state index contributed by atoms with van der Waals surface area (Å²) < 4.78 is 1.39. The number of rotatable bonds is 5. The quantitative estimate of drug-likeness (QED) is 0.733. The van der Waals surface area contributed by atoms with Crippen LogP contribution in [0.4, 0.5) is 0 Å². The Hall–Kier alpha value is -2.14. The number of nitrogens with zero attached hydrogens (tertiary/aromatic N) is 3. The summed E-state index contributed by atoms with van der Waals surface area (Å²) in [7, 11) is 0. The van der Waals surface area contributed by atoms with Crippen molar-refractivity contribution in [3.05, 3.63) is 51.5 Å². The molecule has 22 heavy (non-hydrogen) atoms. The molecular weight excluding hydrogens is 300 g/mol. The fraction of sp³-hybridized carbons (Fsp3) is 0.312. The lowest BCUT2D eigenvalue weighted by atomic mass is 10.1. The zero-order chi connectivity index (χ0) is 15.5. The highest BCUT2D eigenvalue weighted by Crippen LogP contribution is 2.18. The molecule has 2 heterocycles. The summed E-state index contributed by atoms with van der Waals surface area (Å²) in [5.74, 6) is 1.20. The molecule has 1 aromatic carbocycles. The van der Waals surface area contributed by atoms with Crippen molar-refractivity contribution in [3.63, 3.8) is 0 Å². The van der Waals surface area contributed by atoms with E-state index in [0.29, 0.717) is 16.5 Å². The summed E-state index contributed by atoms with van der Waals surface area (Å²) in [5, 5.41) is 3.67.